The van der Waals surface area contributed by atoms with Crippen LogP contribution >= 0.6 is 0 Å². The molecule has 6 nitrogen and oxygen atoms in total. The van der Waals surface area contributed by atoms with Crippen molar-refractivity contribution < 1.29 is 4.74 Å². The zero-order chi connectivity index (χ0) is 12.3. The van der Waals surface area contributed by atoms with Crippen LogP contribution in [0.15, 0.2) is 24.4 Å². The molecule has 86 valence electrons. The van der Waals surface area contributed by atoms with Crippen LogP contribution in [0, 0.1) is 11.3 Å². The third-order valence-electron chi connectivity index (χ3n) is 2.16. The van der Waals surface area contributed by atoms with Crippen molar-refractivity contribution in [3.8, 4) is 11.8 Å². The summed E-state index contributed by atoms with van der Waals surface area (Å²) in [6.45, 7) is 0.296. The lowest BCUT2D eigenvalue weighted by molar-refractivity contribution is 0.303. The van der Waals surface area contributed by atoms with Gasteiger partial charge in [0.05, 0.1) is 23.5 Å². The third-order valence-corrected chi connectivity index (χ3v) is 2.16. The molecule has 0 bridgehead atoms. The predicted octanol–water partition coefficient (Wildman–Crippen LogP) is 0.848. The molecule has 0 radical (unpaired) electrons. The van der Waals surface area contributed by atoms with Gasteiger partial charge in [0.15, 0.2) is 0 Å². The molecule has 0 aliphatic heterocycles. The first-order valence-electron chi connectivity index (χ1n) is 4.96. The van der Waals surface area contributed by atoms with Gasteiger partial charge in [-0.25, -0.2) is 0 Å². The quantitative estimate of drug-likeness (QED) is 0.788. The Morgan fingerprint density at radius 3 is 2.94 bits per heavy atom. The van der Waals surface area contributed by atoms with E-state index in [1.54, 1.807) is 36.1 Å². The summed E-state index contributed by atoms with van der Waals surface area (Å²) in [4.78, 5) is 0. The molecule has 6 heteroatoms. The second-order valence-electron chi connectivity index (χ2n) is 3.54. The fourth-order valence-corrected chi connectivity index (χ4v) is 1.36. The number of rotatable bonds is 3. The van der Waals surface area contributed by atoms with E-state index in [9.17, 15) is 0 Å². The molecule has 2 rings (SSSR count). The Kier molecular flexibility index (Phi) is 2.92. The summed E-state index contributed by atoms with van der Waals surface area (Å²) in [6, 6.07) is 6.91. The maximum atomic E-state index is 8.70. The van der Waals surface area contributed by atoms with Gasteiger partial charge in [-0.05, 0) is 18.2 Å². The van der Waals surface area contributed by atoms with Crippen LogP contribution < -0.4 is 10.5 Å². The number of aryl methyl sites for hydroxylation is 1. The molecule has 0 fully saturated rings. The third kappa shape index (κ3) is 2.52. The second kappa shape index (κ2) is 4.53. The zero-order valence-corrected chi connectivity index (χ0v) is 9.29. The minimum atomic E-state index is 0.296. The molecule has 0 atom stereocenters. The fraction of sp³-hybridized carbons (Fsp3) is 0.182. The lowest BCUT2D eigenvalue weighted by atomic mass is 10.2. The molecule has 0 spiro atoms. The first kappa shape index (κ1) is 11.0. The molecular formula is C11H11N5O. The van der Waals surface area contributed by atoms with Crippen molar-refractivity contribution in [2.45, 2.75) is 6.61 Å². The standard InChI is InChI=1S/C11H11N5O/c1-16-6-9(14-15-16)7-17-11-3-2-8(5-12)4-10(11)13/h2-4,6H,7,13H2,1H3. The number of anilines is 1. The van der Waals surface area contributed by atoms with E-state index >= 15 is 0 Å². The number of ether oxygens (including phenoxy) is 1. The van der Waals surface area contributed by atoms with Gasteiger partial charge < -0.3 is 10.5 Å². The van der Waals surface area contributed by atoms with Crippen molar-refractivity contribution in [1.29, 1.82) is 5.26 Å². The molecule has 1 aromatic carbocycles. The summed E-state index contributed by atoms with van der Waals surface area (Å²) < 4.78 is 7.08. The molecule has 17 heavy (non-hydrogen) atoms. The molecule has 1 heterocycles. The Bertz CT molecular complexity index is 569. The highest BCUT2D eigenvalue weighted by molar-refractivity contribution is 5.56. The Hall–Kier alpha value is -2.55. The maximum absolute atomic E-state index is 8.70. The molecule has 0 aliphatic carbocycles. The van der Waals surface area contributed by atoms with Crippen LogP contribution in [0.3, 0.4) is 0 Å². The molecule has 2 aromatic rings. The van der Waals surface area contributed by atoms with Gasteiger partial charge in [-0.2, -0.15) is 5.26 Å². The van der Waals surface area contributed by atoms with E-state index in [1.807, 2.05) is 6.07 Å². The normalized spacial score (nSPS) is 9.88. The number of hydrogen-bond acceptors (Lipinski definition) is 5. The summed E-state index contributed by atoms with van der Waals surface area (Å²) in [5.41, 5.74) is 7.41. The van der Waals surface area contributed by atoms with Gasteiger partial charge in [-0.3, -0.25) is 4.68 Å². The van der Waals surface area contributed by atoms with Gasteiger partial charge in [0, 0.05) is 7.05 Å². The molecule has 1 aromatic heterocycles. The van der Waals surface area contributed by atoms with E-state index in [1.165, 1.54) is 0 Å². The molecule has 0 saturated heterocycles. The highest BCUT2D eigenvalue weighted by atomic mass is 16.5. The van der Waals surface area contributed by atoms with Crippen LogP contribution in [0.5, 0.6) is 5.75 Å². The summed E-state index contributed by atoms with van der Waals surface area (Å²) in [5.74, 6) is 0.537. The van der Waals surface area contributed by atoms with Crippen molar-refractivity contribution in [3.63, 3.8) is 0 Å². The number of nitrogen functional groups attached to an aromatic ring is 1. The number of aromatic nitrogens is 3. The van der Waals surface area contributed by atoms with Crippen LogP contribution in [0.4, 0.5) is 5.69 Å². The van der Waals surface area contributed by atoms with Crippen molar-refractivity contribution >= 4 is 5.69 Å². The first-order chi connectivity index (χ1) is 8.19. The van der Waals surface area contributed by atoms with Gasteiger partial charge in [0.1, 0.15) is 18.1 Å². The SMILES string of the molecule is Cn1cc(COc2ccc(C#N)cc2N)nn1. The van der Waals surface area contributed by atoms with Crippen molar-refractivity contribution in [1.82, 2.24) is 15.0 Å². The maximum Gasteiger partial charge on any atom is 0.142 e. The Morgan fingerprint density at radius 2 is 2.35 bits per heavy atom. The van der Waals surface area contributed by atoms with E-state index in [2.05, 4.69) is 10.3 Å². The largest absolute Gasteiger partial charge is 0.485 e. The second-order valence-corrected chi connectivity index (χ2v) is 3.54. The highest BCUT2D eigenvalue weighted by Crippen LogP contribution is 2.22. The molecular weight excluding hydrogens is 218 g/mol. The van der Waals surface area contributed by atoms with E-state index in [0.717, 1.165) is 5.69 Å². The van der Waals surface area contributed by atoms with Crippen molar-refractivity contribution in [2.75, 3.05) is 5.73 Å². The summed E-state index contributed by atoms with van der Waals surface area (Å²) in [6.07, 6.45) is 1.76. The zero-order valence-electron chi connectivity index (χ0n) is 9.29. The number of nitriles is 1. The molecule has 0 aliphatic rings. The number of nitrogens with zero attached hydrogens (tertiary/aromatic N) is 4. The van der Waals surface area contributed by atoms with Gasteiger partial charge in [-0.15, -0.1) is 5.10 Å². The monoisotopic (exact) mass is 229 g/mol. The van der Waals surface area contributed by atoms with Crippen LogP contribution in [0.25, 0.3) is 0 Å². The van der Waals surface area contributed by atoms with E-state index in [-0.39, 0.29) is 0 Å². The fourth-order valence-electron chi connectivity index (χ4n) is 1.36. The minimum absolute atomic E-state index is 0.296. The Balaban J connectivity index is 2.07. The van der Waals surface area contributed by atoms with Crippen molar-refractivity contribution in [3.05, 3.63) is 35.7 Å². The van der Waals surface area contributed by atoms with Gasteiger partial charge >= 0.3 is 0 Å². The summed E-state index contributed by atoms with van der Waals surface area (Å²) in [7, 11) is 1.78. The lowest BCUT2D eigenvalue weighted by Gasteiger charge is -2.06. The van der Waals surface area contributed by atoms with Crippen LogP contribution in [0.2, 0.25) is 0 Å². The average Bonchev–Trinajstić information content (AvgIpc) is 2.73. The molecule has 2 N–H and O–H groups in total. The summed E-state index contributed by atoms with van der Waals surface area (Å²) >= 11 is 0. The highest BCUT2D eigenvalue weighted by Gasteiger charge is 2.04. The van der Waals surface area contributed by atoms with Crippen LogP contribution in [-0.2, 0) is 13.7 Å². The molecule has 0 saturated carbocycles. The minimum Gasteiger partial charge on any atom is -0.485 e. The van der Waals surface area contributed by atoms with Gasteiger partial charge in [0.25, 0.3) is 0 Å². The average molecular weight is 229 g/mol. The van der Waals surface area contributed by atoms with Gasteiger partial charge in [0.2, 0.25) is 0 Å². The Labute approximate surface area is 98.2 Å². The van der Waals surface area contributed by atoms with Crippen LogP contribution in [0.1, 0.15) is 11.3 Å². The number of nitrogens with two attached hydrogens (primary N) is 1. The van der Waals surface area contributed by atoms with E-state index in [4.69, 9.17) is 15.7 Å². The topological polar surface area (TPSA) is 89.8 Å². The van der Waals surface area contributed by atoms with Crippen LogP contribution in [-0.4, -0.2) is 15.0 Å². The predicted molar refractivity (Wildman–Crippen MR) is 60.9 cm³/mol. The Morgan fingerprint density at radius 1 is 1.53 bits per heavy atom. The lowest BCUT2D eigenvalue weighted by Crippen LogP contribution is -1.99. The smallest absolute Gasteiger partial charge is 0.142 e. The number of hydrogen-bond donors (Lipinski definition) is 1. The molecule has 0 unspecified atom stereocenters. The molecule has 0 amide bonds. The van der Waals surface area contributed by atoms with E-state index < -0.39 is 0 Å². The van der Waals surface area contributed by atoms with E-state index in [0.29, 0.717) is 23.6 Å². The number of benzene rings is 1. The van der Waals surface area contributed by atoms with Gasteiger partial charge in [-0.1, -0.05) is 5.21 Å². The summed E-state index contributed by atoms with van der Waals surface area (Å²) in [5, 5.41) is 16.4. The van der Waals surface area contributed by atoms with Crippen molar-refractivity contribution in [2.24, 2.45) is 7.05 Å². The first-order valence-corrected chi connectivity index (χ1v) is 4.96.